The molecule has 0 saturated heterocycles. The van der Waals surface area contributed by atoms with Crippen LogP contribution in [0.2, 0.25) is 5.02 Å². The summed E-state index contributed by atoms with van der Waals surface area (Å²) in [5.41, 5.74) is 2.12. The van der Waals surface area contributed by atoms with Gasteiger partial charge >= 0.3 is 0 Å². The molecule has 0 saturated carbocycles. The minimum absolute atomic E-state index is 0.0738. The fraction of sp³-hybridized carbons (Fsp3) is 0.200. The van der Waals surface area contributed by atoms with Crippen molar-refractivity contribution < 1.29 is 13.2 Å². The third kappa shape index (κ3) is 4.77. The van der Waals surface area contributed by atoms with Crippen LogP contribution < -0.4 is 9.62 Å². The van der Waals surface area contributed by atoms with Crippen LogP contribution in [0.25, 0.3) is 0 Å². The number of benzene rings is 1. The lowest BCUT2D eigenvalue weighted by molar-refractivity contribution is 0.0959. The van der Waals surface area contributed by atoms with E-state index in [9.17, 15) is 13.2 Å². The molecule has 152 valence electrons. The van der Waals surface area contributed by atoms with Crippen molar-refractivity contribution in [3.63, 3.8) is 0 Å². The van der Waals surface area contributed by atoms with Crippen molar-refractivity contribution in [2.24, 2.45) is 0 Å². The van der Waals surface area contributed by atoms with Gasteiger partial charge in [0.25, 0.3) is 15.9 Å². The summed E-state index contributed by atoms with van der Waals surface area (Å²) in [7, 11) is -2.43. The first-order chi connectivity index (χ1) is 13.8. The molecule has 0 aliphatic carbocycles. The number of pyridine rings is 1. The average Bonchev–Trinajstić information content (AvgIpc) is 3.20. The molecule has 0 aliphatic rings. The molecular weight excluding hydrogens is 430 g/mol. The van der Waals surface area contributed by atoms with Crippen LogP contribution in [0.15, 0.2) is 59.1 Å². The van der Waals surface area contributed by atoms with Crippen molar-refractivity contribution >= 4 is 44.6 Å². The number of anilines is 1. The van der Waals surface area contributed by atoms with Gasteiger partial charge in [0.05, 0.1) is 10.6 Å². The summed E-state index contributed by atoms with van der Waals surface area (Å²) in [4.78, 5) is 17.1. The minimum atomic E-state index is -3.85. The van der Waals surface area contributed by atoms with Gasteiger partial charge in [0.1, 0.15) is 4.88 Å². The van der Waals surface area contributed by atoms with Crippen molar-refractivity contribution in [2.75, 3.05) is 17.9 Å². The SMILES string of the molecule is Cc1ccc(S(=O)(=O)N(C)c2ccsc2C(=O)NCCc2cccnc2)cc1Cl. The van der Waals surface area contributed by atoms with E-state index in [1.807, 2.05) is 12.1 Å². The molecule has 0 bridgehead atoms. The number of hydrogen-bond donors (Lipinski definition) is 1. The lowest BCUT2D eigenvalue weighted by atomic mass is 10.2. The number of rotatable bonds is 7. The van der Waals surface area contributed by atoms with Gasteiger partial charge in [0, 0.05) is 31.0 Å². The number of nitrogens with zero attached hydrogens (tertiary/aromatic N) is 2. The molecule has 9 heteroatoms. The molecule has 0 unspecified atom stereocenters. The molecule has 0 fully saturated rings. The number of thiophene rings is 1. The number of halogens is 1. The third-order valence-electron chi connectivity index (χ3n) is 4.41. The number of nitrogens with one attached hydrogen (secondary N) is 1. The predicted octanol–water partition coefficient (Wildman–Crippen LogP) is 3.90. The highest BCUT2D eigenvalue weighted by molar-refractivity contribution is 7.92. The fourth-order valence-corrected chi connectivity index (χ4v) is 5.06. The van der Waals surface area contributed by atoms with E-state index in [1.165, 1.54) is 30.5 Å². The highest BCUT2D eigenvalue weighted by Gasteiger charge is 2.26. The quantitative estimate of drug-likeness (QED) is 0.593. The van der Waals surface area contributed by atoms with Crippen LogP contribution in [0.4, 0.5) is 5.69 Å². The highest BCUT2D eigenvalue weighted by atomic mass is 35.5. The monoisotopic (exact) mass is 449 g/mol. The van der Waals surface area contributed by atoms with Crippen molar-refractivity contribution in [1.82, 2.24) is 10.3 Å². The minimum Gasteiger partial charge on any atom is -0.351 e. The van der Waals surface area contributed by atoms with Crippen molar-refractivity contribution in [1.29, 1.82) is 0 Å². The number of aryl methyl sites for hydroxylation is 1. The molecule has 0 aliphatic heterocycles. The second kappa shape index (κ2) is 8.94. The molecule has 2 heterocycles. The summed E-state index contributed by atoms with van der Waals surface area (Å²) in [5, 5.41) is 4.90. The molecular formula is C20H20ClN3O3S2. The molecule has 2 aromatic heterocycles. The normalized spacial score (nSPS) is 11.3. The zero-order valence-corrected chi connectivity index (χ0v) is 18.3. The first-order valence-corrected chi connectivity index (χ1v) is 11.5. The van der Waals surface area contributed by atoms with Crippen molar-refractivity contribution in [3.05, 3.63) is 75.2 Å². The zero-order valence-electron chi connectivity index (χ0n) is 15.9. The Morgan fingerprint density at radius 2 is 2.07 bits per heavy atom. The number of hydrogen-bond acceptors (Lipinski definition) is 5. The highest BCUT2D eigenvalue weighted by Crippen LogP contribution is 2.31. The molecule has 0 spiro atoms. The molecule has 3 rings (SSSR count). The van der Waals surface area contributed by atoms with Crippen molar-refractivity contribution in [2.45, 2.75) is 18.2 Å². The Morgan fingerprint density at radius 1 is 1.28 bits per heavy atom. The van der Waals surface area contributed by atoms with E-state index >= 15 is 0 Å². The van der Waals surface area contributed by atoms with E-state index in [2.05, 4.69) is 10.3 Å². The number of carbonyl (C=O) groups is 1. The summed E-state index contributed by atoms with van der Waals surface area (Å²) >= 11 is 7.28. The Labute approximate surface area is 179 Å². The van der Waals surface area contributed by atoms with E-state index in [4.69, 9.17) is 11.6 Å². The molecule has 1 N–H and O–H groups in total. The van der Waals surface area contributed by atoms with Crippen LogP contribution in [0.3, 0.4) is 0 Å². The number of carbonyl (C=O) groups excluding carboxylic acids is 1. The summed E-state index contributed by atoms with van der Waals surface area (Å²) < 4.78 is 27.1. The smallest absolute Gasteiger partial charge is 0.264 e. The molecule has 1 aromatic carbocycles. The van der Waals surface area contributed by atoms with Gasteiger partial charge in [-0.3, -0.25) is 14.1 Å². The lowest BCUT2D eigenvalue weighted by Gasteiger charge is -2.20. The van der Waals surface area contributed by atoms with Gasteiger partial charge < -0.3 is 5.32 Å². The summed E-state index contributed by atoms with van der Waals surface area (Å²) in [5.74, 6) is -0.317. The largest absolute Gasteiger partial charge is 0.351 e. The van der Waals surface area contributed by atoms with E-state index < -0.39 is 10.0 Å². The zero-order chi connectivity index (χ0) is 21.0. The standard InChI is InChI=1S/C20H20ClN3O3S2/c1-14-5-6-16(12-17(14)21)29(26,27)24(2)18-8-11-28-19(18)20(25)23-10-7-15-4-3-9-22-13-15/h3-6,8-9,11-13H,7,10H2,1-2H3,(H,23,25). The van der Waals surface area contributed by atoms with Gasteiger partial charge in [-0.2, -0.15) is 0 Å². The molecule has 6 nitrogen and oxygen atoms in total. The van der Waals surface area contributed by atoms with E-state index in [0.717, 1.165) is 15.4 Å². The summed E-state index contributed by atoms with van der Waals surface area (Å²) in [6.45, 7) is 2.22. The van der Waals surface area contributed by atoms with Gasteiger partial charge in [-0.05, 0) is 54.1 Å². The predicted molar refractivity (Wildman–Crippen MR) is 116 cm³/mol. The molecule has 1 amide bonds. The van der Waals surface area contributed by atoms with Crippen LogP contribution in [0.1, 0.15) is 20.8 Å². The van der Waals surface area contributed by atoms with Gasteiger partial charge in [0.2, 0.25) is 0 Å². The molecule has 29 heavy (non-hydrogen) atoms. The van der Waals surface area contributed by atoms with E-state index in [1.54, 1.807) is 36.8 Å². The molecule has 0 atom stereocenters. The number of sulfonamides is 1. The van der Waals surface area contributed by atoms with Crippen LogP contribution >= 0.6 is 22.9 Å². The summed E-state index contributed by atoms with van der Waals surface area (Å²) in [6.07, 6.45) is 4.07. The van der Waals surface area contributed by atoms with Gasteiger partial charge in [-0.15, -0.1) is 11.3 Å². The Morgan fingerprint density at radius 3 is 2.76 bits per heavy atom. The maximum Gasteiger partial charge on any atom is 0.264 e. The van der Waals surface area contributed by atoms with E-state index in [-0.39, 0.29) is 10.8 Å². The van der Waals surface area contributed by atoms with Crippen LogP contribution in [0.5, 0.6) is 0 Å². The second-order valence-electron chi connectivity index (χ2n) is 6.39. The Bertz CT molecular complexity index is 1120. The third-order valence-corrected chi connectivity index (χ3v) is 7.49. The summed E-state index contributed by atoms with van der Waals surface area (Å²) in [6, 6.07) is 9.97. The maximum atomic E-state index is 13.0. The molecule has 0 radical (unpaired) electrons. The lowest BCUT2D eigenvalue weighted by Crippen LogP contribution is -2.30. The number of aromatic nitrogens is 1. The first kappa shape index (κ1) is 21.3. The average molecular weight is 450 g/mol. The Kier molecular flexibility index (Phi) is 6.56. The van der Waals surface area contributed by atoms with Gasteiger partial charge in [-0.1, -0.05) is 23.7 Å². The Balaban J connectivity index is 1.75. The van der Waals surface area contributed by atoms with Crippen molar-refractivity contribution in [3.8, 4) is 0 Å². The maximum absolute atomic E-state index is 13.0. The van der Waals surface area contributed by atoms with Gasteiger partial charge in [-0.25, -0.2) is 8.42 Å². The molecule has 3 aromatic rings. The van der Waals surface area contributed by atoms with E-state index in [0.29, 0.717) is 28.6 Å². The first-order valence-electron chi connectivity index (χ1n) is 8.80. The number of amides is 1. The van der Waals surface area contributed by atoms with Crippen LogP contribution in [-0.2, 0) is 16.4 Å². The topological polar surface area (TPSA) is 79.4 Å². The van der Waals surface area contributed by atoms with Gasteiger partial charge in [0.15, 0.2) is 0 Å². The Hall–Kier alpha value is -2.42. The fourth-order valence-electron chi connectivity index (χ4n) is 2.69. The van der Waals surface area contributed by atoms with Crippen LogP contribution in [0, 0.1) is 6.92 Å². The van der Waals surface area contributed by atoms with Crippen LogP contribution in [-0.4, -0.2) is 32.9 Å². The second-order valence-corrected chi connectivity index (χ2v) is 9.68.